The van der Waals surface area contributed by atoms with Crippen molar-refractivity contribution in [3.05, 3.63) is 34.3 Å². The summed E-state index contributed by atoms with van der Waals surface area (Å²) in [5.41, 5.74) is 1.74. The Kier molecular flexibility index (Phi) is 3.94. The van der Waals surface area contributed by atoms with Crippen molar-refractivity contribution in [3.8, 4) is 0 Å². The van der Waals surface area contributed by atoms with Crippen LogP contribution in [-0.4, -0.2) is 11.1 Å². The zero-order valence-corrected chi connectivity index (χ0v) is 9.65. The standard InChI is InChI=1S/C10H10BrClO/c1-2-7-3-4-8(9(12)5-7)10(13)6-11/h3-5H,2,6H2,1H3. The number of rotatable bonds is 3. The zero-order valence-electron chi connectivity index (χ0n) is 7.31. The predicted octanol–water partition coefficient (Wildman–Crippen LogP) is 3.48. The maximum Gasteiger partial charge on any atom is 0.174 e. The molecule has 3 heteroatoms. The highest BCUT2D eigenvalue weighted by atomic mass is 79.9. The minimum Gasteiger partial charge on any atom is -0.293 e. The molecule has 70 valence electrons. The van der Waals surface area contributed by atoms with Gasteiger partial charge in [-0.25, -0.2) is 0 Å². The van der Waals surface area contributed by atoms with Gasteiger partial charge in [0.2, 0.25) is 0 Å². The van der Waals surface area contributed by atoms with Crippen molar-refractivity contribution < 1.29 is 4.79 Å². The number of Topliss-reactive ketones (excluding diaryl/α,β-unsaturated/α-hetero) is 1. The van der Waals surface area contributed by atoms with Crippen molar-refractivity contribution in [2.45, 2.75) is 13.3 Å². The summed E-state index contributed by atoms with van der Waals surface area (Å²) < 4.78 is 0. The lowest BCUT2D eigenvalue weighted by atomic mass is 10.1. The van der Waals surface area contributed by atoms with Crippen LogP contribution in [0.15, 0.2) is 18.2 Å². The predicted molar refractivity (Wildman–Crippen MR) is 59.0 cm³/mol. The van der Waals surface area contributed by atoms with E-state index in [1.54, 1.807) is 6.07 Å². The first-order chi connectivity index (χ1) is 6.19. The fourth-order valence-corrected chi connectivity index (χ4v) is 1.69. The first kappa shape index (κ1) is 10.7. The summed E-state index contributed by atoms with van der Waals surface area (Å²) in [4.78, 5) is 11.3. The third-order valence-corrected chi connectivity index (χ3v) is 2.69. The maximum atomic E-state index is 11.3. The Hall–Kier alpha value is -0.340. The van der Waals surface area contributed by atoms with Gasteiger partial charge in [-0.3, -0.25) is 4.79 Å². The largest absolute Gasteiger partial charge is 0.293 e. The van der Waals surface area contributed by atoms with Crippen molar-refractivity contribution in [1.29, 1.82) is 0 Å². The third-order valence-electron chi connectivity index (χ3n) is 1.86. The van der Waals surface area contributed by atoms with E-state index in [2.05, 4.69) is 22.9 Å². The van der Waals surface area contributed by atoms with Crippen molar-refractivity contribution in [1.82, 2.24) is 0 Å². The van der Waals surface area contributed by atoms with Crippen molar-refractivity contribution in [3.63, 3.8) is 0 Å². The Morgan fingerprint density at radius 1 is 1.54 bits per heavy atom. The van der Waals surface area contributed by atoms with Crippen LogP contribution in [-0.2, 0) is 6.42 Å². The second-order valence-corrected chi connectivity index (χ2v) is 3.69. The van der Waals surface area contributed by atoms with Crippen LogP contribution in [0.1, 0.15) is 22.8 Å². The molecule has 1 nitrogen and oxygen atoms in total. The van der Waals surface area contributed by atoms with E-state index in [1.807, 2.05) is 12.1 Å². The van der Waals surface area contributed by atoms with Crippen molar-refractivity contribution in [2.75, 3.05) is 5.33 Å². The van der Waals surface area contributed by atoms with Crippen LogP contribution in [0.2, 0.25) is 5.02 Å². The molecule has 0 spiro atoms. The van der Waals surface area contributed by atoms with E-state index in [4.69, 9.17) is 11.6 Å². The normalized spacial score (nSPS) is 10.1. The molecule has 0 unspecified atom stereocenters. The summed E-state index contributed by atoms with van der Waals surface area (Å²) in [7, 11) is 0. The van der Waals surface area contributed by atoms with Gasteiger partial charge in [0.25, 0.3) is 0 Å². The SMILES string of the molecule is CCc1ccc(C(=O)CBr)c(Cl)c1. The van der Waals surface area contributed by atoms with E-state index < -0.39 is 0 Å². The summed E-state index contributed by atoms with van der Waals surface area (Å²) in [5, 5.41) is 0.863. The van der Waals surface area contributed by atoms with Gasteiger partial charge in [0.1, 0.15) is 0 Å². The Morgan fingerprint density at radius 3 is 2.69 bits per heavy atom. The third kappa shape index (κ3) is 2.55. The minimum absolute atomic E-state index is 0.0210. The zero-order chi connectivity index (χ0) is 9.84. The van der Waals surface area contributed by atoms with Crippen LogP contribution < -0.4 is 0 Å². The molecule has 0 saturated carbocycles. The van der Waals surface area contributed by atoms with Crippen molar-refractivity contribution >= 4 is 33.3 Å². The van der Waals surface area contributed by atoms with Crippen LogP contribution in [0.4, 0.5) is 0 Å². The highest BCUT2D eigenvalue weighted by molar-refractivity contribution is 9.09. The van der Waals surface area contributed by atoms with Gasteiger partial charge >= 0.3 is 0 Å². The molecule has 0 aliphatic rings. The summed E-state index contributed by atoms with van der Waals surface area (Å²) in [6, 6.07) is 5.56. The fourth-order valence-electron chi connectivity index (χ4n) is 1.08. The average Bonchev–Trinajstić information content (AvgIpc) is 2.16. The molecule has 13 heavy (non-hydrogen) atoms. The molecule has 0 saturated heterocycles. The van der Waals surface area contributed by atoms with Gasteiger partial charge < -0.3 is 0 Å². The number of hydrogen-bond acceptors (Lipinski definition) is 1. The van der Waals surface area contributed by atoms with Crippen LogP contribution in [0.3, 0.4) is 0 Å². The monoisotopic (exact) mass is 260 g/mol. The molecule has 0 atom stereocenters. The lowest BCUT2D eigenvalue weighted by molar-refractivity contribution is 0.102. The molecule has 0 fully saturated rings. The van der Waals surface area contributed by atoms with Crippen LogP contribution in [0.25, 0.3) is 0 Å². The highest BCUT2D eigenvalue weighted by Gasteiger charge is 2.08. The summed E-state index contributed by atoms with van der Waals surface area (Å²) in [5.74, 6) is 0.0210. The van der Waals surface area contributed by atoms with E-state index in [-0.39, 0.29) is 5.78 Å². The number of carbonyl (C=O) groups excluding carboxylic acids is 1. The molecule has 0 aromatic heterocycles. The van der Waals surface area contributed by atoms with Crippen LogP contribution in [0, 0.1) is 0 Å². The van der Waals surface area contributed by atoms with Gasteiger partial charge in [-0.1, -0.05) is 40.5 Å². The summed E-state index contributed by atoms with van der Waals surface area (Å²) in [6.45, 7) is 2.05. The number of alkyl halides is 1. The molecule has 0 aliphatic heterocycles. The number of halogens is 2. The van der Waals surface area contributed by atoms with Gasteiger partial charge in [-0.15, -0.1) is 0 Å². The second kappa shape index (κ2) is 4.77. The molecule has 0 amide bonds. The smallest absolute Gasteiger partial charge is 0.174 e. The van der Waals surface area contributed by atoms with Crippen LogP contribution in [0.5, 0.6) is 0 Å². The molecular formula is C10H10BrClO. The number of carbonyl (C=O) groups is 1. The first-order valence-corrected chi connectivity index (χ1v) is 5.56. The maximum absolute atomic E-state index is 11.3. The molecule has 0 N–H and O–H groups in total. The lowest BCUT2D eigenvalue weighted by Gasteiger charge is -2.02. The molecular weight excluding hydrogens is 251 g/mol. The minimum atomic E-state index is 0.0210. The van der Waals surface area contributed by atoms with E-state index in [1.165, 1.54) is 0 Å². The van der Waals surface area contributed by atoms with Gasteiger partial charge in [-0.05, 0) is 24.1 Å². The Morgan fingerprint density at radius 2 is 2.23 bits per heavy atom. The number of benzene rings is 1. The lowest BCUT2D eigenvalue weighted by Crippen LogP contribution is -2.01. The first-order valence-electron chi connectivity index (χ1n) is 4.06. The van der Waals surface area contributed by atoms with E-state index in [0.29, 0.717) is 15.9 Å². The molecule has 1 aromatic carbocycles. The number of ketones is 1. The summed E-state index contributed by atoms with van der Waals surface area (Å²) >= 11 is 9.05. The highest BCUT2D eigenvalue weighted by Crippen LogP contribution is 2.19. The molecule has 0 heterocycles. The van der Waals surface area contributed by atoms with E-state index in [9.17, 15) is 4.79 Å². The van der Waals surface area contributed by atoms with Crippen LogP contribution >= 0.6 is 27.5 Å². The van der Waals surface area contributed by atoms with Crippen molar-refractivity contribution in [2.24, 2.45) is 0 Å². The van der Waals surface area contributed by atoms with E-state index in [0.717, 1.165) is 12.0 Å². The Labute approximate surface area is 91.2 Å². The topological polar surface area (TPSA) is 17.1 Å². The average molecular weight is 262 g/mol. The fraction of sp³-hybridized carbons (Fsp3) is 0.300. The Bertz CT molecular complexity index is 323. The van der Waals surface area contributed by atoms with Gasteiger partial charge in [0.15, 0.2) is 5.78 Å². The van der Waals surface area contributed by atoms with E-state index >= 15 is 0 Å². The van der Waals surface area contributed by atoms with Gasteiger partial charge in [0.05, 0.1) is 10.4 Å². The second-order valence-electron chi connectivity index (χ2n) is 2.72. The summed E-state index contributed by atoms with van der Waals surface area (Å²) in [6.07, 6.45) is 0.933. The molecule has 0 aliphatic carbocycles. The van der Waals surface area contributed by atoms with Gasteiger partial charge in [-0.2, -0.15) is 0 Å². The molecule has 1 aromatic rings. The molecule has 0 bridgehead atoms. The van der Waals surface area contributed by atoms with Gasteiger partial charge in [0, 0.05) is 5.56 Å². The Balaban J connectivity index is 3.05. The number of hydrogen-bond donors (Lipinski definition) is 0. The molecule has 0 radical (unpaired) electrons. The number of aryl methyl sites for hydroxylation is 1. The molecule has 1 rings (SSSR count). The quantitative estimate of drug-likeness (QED) is 0.601.